The van der Waals surface area contributed by atoms with Crippen molar-refractivity contribution in [2.75, 3.05) is 0 Å². The zero-order chi connectivity index (χ0) is 27.0. The summed E-state index contributed by atoms with van der Waals surface area (Å²) in [6.45, 7) is 5.49. The van der Waals surface area contributed by atoms with Crippen molar-refractivity contribution >= 4 is 30.7 Å². The maximum absolute atomic E-state index is 13.6. The number of aliphatic carboxylic acids is 1. The van der Waals surface area contributed by atoms with Crippen LogP contribution in [0.15, 0.2) is 48.9 Å². The molecule has 196 valence electrons. The van der Waals surface area contributed by atoms with Crippen molar-refractivity contribution in [1.82, 2.24) is 15.3 Å². The zero-order valence-corrected chi connectivity index (χ0v) is 21.3. The standard InChI is InChI=1S/C26H32BN3O7/c1-17(2)11-19(27-36-24(34)15-26(3,37-27)14-23(32)33)13-22(31)20(12-18-7-5-4-6-8-18)30-25(35)21-16-28-9-10-29-21/h4-10,16-17,19-20H,11-15H2,1-3H3,(H,30,35)(H,32,33)/t19-,20+,26?/m1/s1. The van der Waals surface area contributed by atoms with Crippen LogP contribution >= 0.6 is 0 Å². The van der Waals surface area contributed by atoms with Gasteiger partial charge in [0, 0.05) is 24.6 Å². The van der Waals surface area contributed by atoms with Crippen molar-refractivity contribution in [1.29, 1.82) is 0 Å². The lowest BCUT2D eigenvalue weighted by Crippen LogP contribution is -2.51. The Kier molecular flexibility index (Phi) is 9.51. The number of carbonyl (C=O) groups excluding carboxylic acids is 3. The number of amides is 1. The molecule has 0 bridgehead atoms. The molecule has 10 nitrogen and oxygen atoms in total. The summed E-state index contributed by atoms with van der Waals surface area (Å²) in [7, 11) is -1.08. The van der Waals surface area contributed by atoms with Crippen molar-refractivity contribution in [3.63, 3.8) is 0 Å². The Balaban J connectivity index is 1.82. The van der Waals surface area contributed by atoms with Gasteiger partial charge in [-0.3, -0.25) is 24.2 Å². The van der Waals surface area contributed by atoms with Crippen LogP contribution in [0.2, 0.25) is 5.82 Å². The average Bonchev–Trinajstić information content (AvgIpc) is 2.82. The van der Waals surface area contributed by atoms with Gasteiger partial charge in [0.1, 0.15) is 5.69 Å². The third kappa shape index (κ3) is 8.49. The molecule has 2 heterocycles. The van der Waals surface area contributed by atoms with Crippen molar-refractivity contribution in [3.8, 4) is 0 Å². The lowest BCUT2D eigenvalue weighted by atomic mass is 9.63. The highest BCUT2D eigenvalue weighted by molar-refractivity contribution is 6.49. The molecule has 1 amide bonds. The van der Waals surface area contributed by atoms with Gasteiger partial charge in [-0.15, -0.1) is 0 Å². The van der Waals surface area contributed by atoms with E-state index in [1.165, 1.54) is 18.6 Å². The van der Waals surface area contributed by atoms with Crippen molar-refractivity contribution < 1.29 is 33.6 Å². The second-order valence-electron chi connectivity index (χ2n) is 10.0. The molecule has 11 heteroatoms. The van der Waals surface area contributed by atoms with Gasteiger partial charge in [-0.05, 0) is 31.2 Å². The van der Waals surface area contributed by atoms with Gasteiger partial charge in [0.15, 0.2) is 5.78 Å². The lowest BCUT2D eigenvalue weighted by molar-refractivity contribution is -0.153. The molecule has 1 unspecified atom stereocenters. The number of Topliss-reactive ketones (excluding diaryl/α,β-unsaturated/α-hetero) is 1. The smallest absolute Gasteiger partial charge is 0.509 e. The first-order valence-corrected chi connectivity index (χ1v) is 12.3. The minimum Gasteiger partial charge on any atom is -0.509 e. The molecule has 2 aromatic rings. The molecule has 2 N–H and O–H groups in total. The first-order chi connectivity index (χ1) is 17.5. The average molecular weight is 509 g/mol. The highest BCUT2D eigenvalue weighted by Crippen LogP contribution is 2.35. The molecule has 3 rings (SSSR count). The number of carboxylic acids is 1. The molecule has 0 aliphatic carbocycles. The Morgan fingerprint density at radius 2 is 1.92 bits per heavy atom. The van der Waals surface area contributed by atoms with Crippen molar-refractivity contribution in [2.45, 2.75) is 70.3 Å². The maximum atomic E-state index is 13.6. The Morgan fingerprint density at radius 3 is 2.54 bits per heavy atom. The number of nitrogens with zero attached hydrogens (tertiary/aromatic N) is 2. The minimum atomic E-state index is -1.24. The van der Waals surface area contributed by atoms with Crippen LogP contribution in [-0.4, -0.2) is 57.5 Å². The van der Waals surface area contributed by atoms with E-state index in [0.29, 0.717) is 6.42 Å². The van der Waals surface area contributed by atoms with Crippen LogP contribution in [0.4, 0.5) is 0 Å². The highest BCUT2D eigenvalue weighted by atomic mass is 16.6. The van der Waals surface area contributed by atoms with Gasteiger partial charge in [-0.1, -0.05) is 44.2 Å². The summed E-state index contributed by atoms with van der Waals surface area (Å²) < 4.78 is 11.4. The summed E-state index contributed by atoms with van der Waals surface area (Å²) in [5.41, 5.74) is -0.301. The SMILES string of the molecule is CC(C)C[C@H](CC(=O)[C@H](Cc1ccccc1)NC(=O)c1cnccn1)B1OC(=O)CC(C)(CC(=O)O)O1. The van der Waals surface area contributed by atoms with Gasteiger partial charge >= 0.3 is 13.1 Å². The Bertz CT molecular complexity index is 1100. The molecule has 3 atom stereocenters. The van der Waals surface area contributed by atoms with Gasteiger partial charge in [0.25, 0.3) is 11.9 Å². The second-order valence-corrected chi connectivity index (χ2v) is 10.0. The number of carboxylic acid groups (broad SMARTS) is 1. The summed E-state index contributed by atoms with van der Waals surface area (Å²) in [6.07, 6.45) is 4.30. The van der Waals surface area contributed by atoms with E-state index < -0.39 is 42.4 Å². The molecule has 0 spiro atoms. The number of carbonyl (C=O) groups is 4. The van der Waals surface area contributed by atoms with E-state index in [4.69, 9.17) is 9.31 Å². The van der Waals surface area contributed by atoms with E-state index >= 15 is 0 Å². The predicted molar refractivity (Wildman–Crippen MR) is 134 cm³/mol. The normalized spacial score (nSPS) is 19.1. The first-order valence-electron chi connectivity index (χ1n) is 12.3. The second kappa shape index (κ2) is 12.6. The minimum absolute atomic E-state index is 0.0441. The molecule has 0 saturated carbocycles. The molecule has 0 radical (unpaired) electrons. The van der Waals surface area contributed by atoms with Crippen LogP contribution in [-0.2, 0) is 30.1 Å². The Labute approximate surface area is 216 Å². The molecule has 1 fully saturated rings. The topological polar surface area (TPSA) is 145 Å². The molecular weight excluding hydrogens is 477 g/mol. The first kappa shape index (κ1) is 28.0. The van der Waals surface area contributed by atoms with E-state index in [0.717, 1.165) is 5.56 Å². The quantitative estimate of drug-likeness (QED) is 0.413. The van der Waals surface area contributed by atoms with Gasteiger partial charge in [-0.25, -0.2) is 4.98 Å². The lowest BCUT2D eigenvalue weighted by Gasteiger charge is -2.38. The summed E-state index contributed by atoms with van der Waals surface area (Å²) >= 11 is 0. The number of hydrogen-bond donors (Lipinski definition) is 2. The van der Waals surface area contributed by atoms with Crippen LogP contribution in [0.25, 0.3) is 0 Å². The van der Waals surface area contributed by atoms with E-state index in [2.05, 4.69) is 15.3 Å². The summed E-state index contributed by atoms with van der Waals surface area (Å²) in [6, 6.07) is 8.41. The fourth-order valence-electron chi connectivity index (χ4n) is 4.48. The zero-order valence-electron chi connectivity index (χ0n) is 21.3. The van der Waals surface area contributed by atoms with Gasteiger partial charge in [-0.2, -0.15) is 0 Å². The number of hydrogen-bond acceptors (Lipinski definition) is 8. The van der Waals surface area contributed by atoms with Crippen molar-refractivity contribution in [2.24, 2.45) is 5.92 Å². The van der Waals surface area contributed by atoms with Gasteiger partial charge in [0.2, 0.25) is 0 Å². The van der Waals surface area contributed by atoms with E-state index in [9.17, 15) is 24.3 Å². The van der Waals surface area contributed by atoms with Gasteiger partial charge < -0.3 is 19.7 Å². The van der Waals surface area contributed by atoms with Crippen LogP contribution < -0.4 is 5.32 Å². The highest BCUT2D eigenvalue weighted by Gasteiger charge is 2.48. The van der Waals surface area contributed by atoms with Crippen LogP contribution in [0.3, 0.4) is 0 Å². The molecule has 1 aromatic heterocycles. The fourth-order valence-corrected chi connectivity index (χ4v) is 4.48. The van der Waals surface area contributed by atoms with E-state index in [1.54, 1.807) is 6.92 Å². The van der Waals surface area contributed by atoms with Gasteiger partial charge in [0.05, 0.1) is 30.7 Å². The molecule has 1 aliphatic rings. The van der Waals surface area contributed by atoms with Crippen LogP contribution in [0.5, 0.6) is 0 Å². The predicted octanol–water partition coefficient (Wildman–Crippen LogP) is 2.88. The molecule has 1 aliphatic heterocycles. The summed E-state index contributed by atoms with van der Waals surface area (Å²) in [4.78, 5) is 58.1. The number of rotatable bonds is 12. The van der Waals surface area contributed by atoms with E-state index in [-0.39, 0.29) is 43.1 Å². The Morgan fingerprint density at radius 1 is 1.19 bits per heavy atom. The summed E-state index contributed by atoms with van der Waals surface area (Å²) in [5, 5.41) is 12.1. The van der Waals surface area contributed by atoms with E-state index in [1.807, 2.05) is 44.2 Å². The monoisotopic (exact) mass is 509 g/mol. The molecular formula is C26H32BN3O7. The van der Waals surface area contributed by atoms with Crippen LogP contribution in [0, 0.1) is 5.92 Å². The number of aromatic nitrogens is 2. The third-order valence-electron chi connectivity index (χ3n) is 6.09. The molecule has 1 aromatic carbocycles. The Hall–Kier alpha value is -3.60. The number of nitrogens with one attached hydrogen (secondary N) is 1. The fraction of sp³-hybridized carbons (Fsp3) is 0.462. The number of ketones is 1. The largest absolute Gasteiger partial charge is 0.531 e. The van der Waals surface area contributed by atoms with Crippen LogP contribution in [0.1, 0.15) is 62.5 Å². The summed E-state index contributed by atoms with van der Waals surface area (Å²) in [5.74, 6) is -2.86. The molecule has 37 heavy (non-hydrogen) atoms. The number of benzene rings is 1. The van der Waals surface area contributed by atoms with Crippen molar-refractivity contribution in [3.05, 3.63) is 60.2 Å². The third-order valence-corrected chi connectivity index (χ3v) is 6.09. The molecule has 1 saturated heterocycles. The maximum Gasteiger partial charge on any atom is 0.531 e.